The lowest BCUT2D eigenvalue weighted by atomic mass is 10.0. The normalized spacial score (nSPS) is 21.4. The summed E-state index contributed by atoms with van der Waals surface area (Å²) in [6, 6.07) is 6.64. The first-order valence-corrected chi connectivity index (χ1v) is 7.58. The van der Waals surface area contributed by atoms with Gasteiger partial charge < -0.3 is 15.4 Å². The van der Waals surface area contributed by atoms with Gasteiger partial charge >= 0.3 is 0 Å². The largest absolute Gasteiger partial charge is 0.493 e. The average Bonchev–Trinajstić information content (AvgIpc) is 3.08. The third-order valence-corrected chi connectivity index (χ3v) is 4.24. The molecule has 0 amide bonds. The molecule has 0 saturated carbocycles. The fourth-order valence-electron chi connectivity index (χ4n) is 3.02. The van der Waals surface area contributed by atoms with Crippen molar-refractivity contribution in [3.8, 4) is 5.75 Å². The number of hydrogen-bond donors (Lipinski definition) is 2. The van der Waals surface area contributed by atoms with Crippen molar-refractivity contribution in [2.24, 2.45) is 5.92 Å². The summed E-state index contributed by atoms with van der Waals surface area (Å²) in [7, 11) is 0. The lowest BCUT2D eigenvalue weighted by Gasteiger charge is -2.09. The zero-order valence-electron chi connectivity index (χ0n) is 11.6. The molecule has 2 heterocycles. The van der Waals surface area contributed by atoms with Gasteiger partial charge in [-0.25, -0.2) is 0 Å². The van der Waals surface area contributed by atoms with E-state index in [0.717, 1.165) is 44.2 Å². The summed E-state index contributed by atoms with van der Waals surface area (Å²) in [5.41, 5.74) is 2.81. The average molecular weight is 260 g/mol. The molecule has 1 saturated heterocycles. The molecule has 3 nitrogen and oxygen atoms in total. The summed E-state index contributed by atoms with van der Waals surface area (Å²) in [6.07, 6.45) is 4.86. The highest BCUT2D eigenvalue weighted by atomic mass is 16.5. The summed E-state index contributed by atoms with van der Waals surface area (Å²) in [4.78, 5) is 0. The predicted molar refractivity (Wildman–Crippen MR) is 77.8 cm³/mol. The van der Waals surface area contributed by atoms with E-state index in [1.165, 1.54) is 37.1 Å². The Balaban J connectivity index is 1.35. The van der Waals surface area contributed by atoms with Crippen LogP contribution in [-0.4, -0.2) is 32.8 Å². The first-order chi connectivity index (χ1) is 9.42. The minimum absolute atomic E-state index is 0.854. The van der Waals surface area contributed by atoms with Crippen LogP contribution in [0.2, 0.25) is 0 Å². The van der Waals surface area contributed by atoms with Gasteiger partial charge in [0.2, 0.25) is 0 Å². The molecule has 19 heavy (non-hydrogen) atoms. The maximum absolute atomic E-state index is 5.53. The molecule has 1 aromatic carbocycles. The third-order valence-electron chi connectivity index (χ3n) is 4.24. The molecular formula is C16H24N2O. The molecule has 0 radical (unpaired) electrons. The zero-order valence-corrected chi connectivity index (χ0v) is 11.6. The molecule has 0 aromatic heterocycles. The van der Waals surface area contributed by atoms with Gasteiger partial charge in [0.25, 0.3) is 0 Å². The Labute approximate surface area is 115 Å². The van der Waals surface area contributed by atoms with E-state index < -0.39 is 0 Å². The second-order valence-corrected chi connectivity index (χ2v) is 5.69. The van der Waals surface area contributed by atoms with Gasteiger partial charge in [0.05, 0.1) is 6.61 Å². The van der Waals surface area contributed by atoms with Crippen LogP contribution in [0, 0.1) is 5.92 Å². The Morgan fingerprint density at radius 3 is 3.21 bits per heavy atom. The summed E-state index contributed by atoms with van der Waals surface area (Å²) >= 11 is 0. The lowest BCUT2D eigenvalue weighted by Crippen LogP contribution is -2.21. The second-order valence-electron chi connectivity index (χ2n) is 5.69. The fourth-order valence-corrected chi connectivity index (χ4v) is 3.02. The van der Waals surface area contributed by atoms with E-state index in [1.807, 2.05) is 0 Å². The number of fused-ring (bicyclic) bond motifs is 1. The van der Waals surface area contributed by atoms with E-state index in [4.69, 9.17) is 4.74 Å². The van der Waals surface area contributed by atoms with Crippen molar-refractivity contribution in [3.05, 3.63) is 29.3 Å². The predicted octanol–water partition coefficient (Wildman–Crippen LogP) is 1.75. The van der Waals surface area contributed by atoms with Gasteiger partial charge in [-0.1, -0.05) is 12.1 Å². The number of nitrogens with one attached hydrogen (secondary N) is 2. The minimum Gasteiger partial charge on any atom is -0.493 e. The summed E-state index contributed by atoms with van der Waals surface area (Å²) < 4.78 is 5.53. The monoisotopic (exact) mass is 260 g/mol. The topological polar surface area (TPSA) is 33.3 Å². The maximum atomic E-state index is 5.53. The Hall–Kier alpha value is -1.06. The molecule has 104 valence electrons. The summed E-state index contributed by atoms with van der Waals surface area (Å²) in [5, 5.41) is 6.99. The highest BCUT2D eigenvalue weighted by Crippen LogP contribution is 2.25. The smallest absolute Gasteiger partial charge is 0.122 e. The summed E-state index contributed by atoms with van der Waals surface area (Å²) in [6.45, 7) is 5.51. The van der Waals surface area contributed by atoms with Gasteiger partial charge in [0.1, 0.15) is 5.75 Å². The van der Waals surface area contributed by atoms with Gasteiger partial charge in [-0.05, 0) is 68.6 Å². The maximum Gasteiger partial charge on any atom is 0.122 e. The zero-order chi connectivity index (χ0) is 12.9. The first kappa shape index (κ1) is 12.9. The number of rotatable bonds is 6. The molecule has 3 heteroatoms. The van der Waals surface area contributed by atoms with Crippen LogP contribution in [0.5, 0.6) is 5.75 Å². The molecule has 0 aliphatic carbocycles. The standard InChI is InChI=1S/C16H24N2O/c1-2-16-15(6-10-19-16)11-13(1)3-7-17-8-4-14-5-9-18-12-14/h1-2,11,14,17-18H,3-10,12H2. The van der Waals surface area contributed by atoms with E-state index in [1.54, 1.807) is 0 Å². The van der Waals surface area contributed by atoms with E-state index in [2.05, 4.69) is 28.8 Å². The van der Waals surface area contributed by atoms with Crippen molar-refractivity contribution in [1.29, 1.82) is 0 Å². The van der Waals surface area contributed by atoms with Crippen molar-refractivity contribution in [1.82, 2.24) is 10.6 Å². The van der Waals surface area contributed by atoms with E-state index >= 15 is 0 Å². The minimum atomic E-state index is 0.854. The Bertz CT molecular complexity index is 413. The van der Waals surface area contributed by atoms with E-state index in [9.17, 15) is 0 Å². The molecular weight excluding hydrogens is 236 g/mol. The first-order valence-electron chi connectivity index (χ1n) is 7.58. The fraction of sp³-hybridized carbons (Fsp3) is 0.625. The van der Waals surface area contributed by atoms with Crippen molar-refractivity contribution >= 4 is 0 Å². The summed E-state index contributed by atoms with van der Waals surface area (Å²) in [5.74, 6) is 1.98. The molecule has 1 aromatic rings. The third kappa shape index (κ3) is 3.48. The van der Waals surface area contributed by atoms with Gasteiger partial charge in [0, 0.05) is 6.42 Å². The molecule has 0 bridgehead atoms. The van der Waals surface area contributed by atoms with Crippen molar-refractivity contribution < 1.29 is 4.74 Å². The van der Waals surface area contributed by atoms with Crippen molar-refractivity contribution in [2.45, 2.75) is 25.7 Å². The van der Waals surface area contributed by atoms with Crippen LogP contribution >= 0.6 is 0 Å². The Kier molecular flexibility index (Phi) is 4.36. The molecule has 3 rings (SSSR count). The Morgan fingerprint density at radius 1 is 1.32 bits per heavy atom. The van der Waals surface area contributed by atoms with Crippen LogP contribution in [0.25, 0.3) is 0 Å². The Morgan fingerprint density at radius 2 is 2.32 bits per heavy atom. The van der Waals surface area contributed by atoms with Crippen LogP contribution < -0.4 is 15.4 Å². The SMILES string of the molecule is c1cc2c(cc1CCNCCC1CCNC1)CCO2. The highest BCUT2D eigenvalue weighted by Gasteiger charge is 2.13. The number of ether oxygens (including phenoxy) is 1. The molecule has 1 fully saturated rings. The van der Waals surface area contributed by atoms with Gasteiger partial charge in [-0.15, -0.1) is 0 Å². The van der Waals surface area contributed by atoms with Gasteiger partial charge in [-0.3, -0.25) is 0 Å². The van der Waals surface area contributed by atoms with Gasteiger partial charge in [0.15, 0.2) is 0 Å². The quantitative estimate of drug-likeness (QED) is 0.765. The van der Waals surface area contributed by atoms with Crippen LogP contribution in [-0.2, 0) is 12.8 Å². The van der Waals surface area contributed by atoms with Crippen LogP contribution in [0.15, 0.2) is 18.2 Å². The molecule has 2 N–H and O–H groups in total. The number of benzene rings is 1. The van der Waals surface area contributed by atoms with Crippen molar-refractivity contribution in [3.63, 3.8) is 0 Å². The molecule has 2 aliphatic rings. The second kappa shape index (κ2) is 6.40. The molecule has 2 aliphatic heterocycles. The molecule has 1 unspecified atom stereocenters. The van der Waals surface area contributed by atoms with Crippen LogP contribution in [0.3, 0.4) is 0 Å². The molecule has 0 spiro atoms. The highest BCUT2D eigenvalue weighted by molar-refractivity contribution is 5.39. The van der Waals surface area contributed by atoms with Crippen LogP contribution in [0.1, 0.15) is 24.0 Å². The molecule has 1 atom stereocenters. The lowest BCUT2D eigenvalue weighted by molar-refractivity contribution is 0.357. The van der Waals surface area contributed by atoms with Gasteiger partial charge in [-0.2, -0.15) is 0 Å². The van der Waals surface area contributed by atoms with E-state index in [0.29, 0.717) is 0 Å². The van der Waals surface area contributed by atoms with E-state index in [-0.39, 0.29) is 0 Å². The number of hydrogen-bond acceptors (Lipinski definition) is 3. The van der Waals surface area contributed by atoms with Crippen molar-refractivity contribution in [2.75, 3.05) is 32.8 Å². The van der Waals surface area contributed by atoms with Crippen LogP contribution in [0.4, 0.5) is 0 Å².